The van der Waals surface area contributed by atoms with E-state index in [4.69, 9.17) is 4.74 Å². The summed E-state index contributed by atoms with van der Waals surface area (Å²) >= 11 is 0. The lowest BCUT2D eigenvalue weighted by atomic mass is 9.91. The zero-order chi connectivity index (χ0) is 27.5. The Hall–Kier alpha value is -2.57. The highest BCUT2D eigenvalue weighted by molar-refractivity contribution is 5.93. The maximum absolute atomic E-state index is 14.3. The second-order valence-electron chi connectivity index (χ2n) is 12.4. The number of carbonyl (C=O) groups excluding carboxylic acids is 3. The molecule has 2 aliphatic rings. The van der Waals surface area contributed by atoms with Crippen LogP contribution in [0.3, 0.4) is 0 Å². The second kappa shape index (κ2) is 11.9. The van der Waals surface area contributed by atoms with E-state index >= 15 is 0 Å². The third kappa shape index (κ3) is 7.48. The summed E-state index contributed by atoms with van der Waals surface area (Å²) in [5, 5.41) is 6.12. The van der Waals surface area contributed by atoms with Crippen LogP contribution in [-0.2, 0) is 14.3 Å². The topological polar surface area (TPSA) is 87.7 Å². The molecule has 1 aromatic rings. The third-order valence-corrected chi connectivity index (χ3v) is 7.58. The van der Waals surface area contributed by atoms with Gasteiger partial charge in [-0.1, -0.05) is 58.2 Å². The average Bonchev–Trinajstić information content (AvgIpc) is 3.51. The number of amides is 3. The van der Waals surface area contributed by atoms with Crippen molar-refractivity contribution in [2.24, 2.45) is 11.8 Å². The first-order chi connectivity index (χ1) is 17.3. The van der Waals surface area contributed by atoms with Crippen LogP contribution in [0.4, 0.5) is 4.79 Å². The molecule has 2 fully saturated rings. The van der Waals surface area contributed by atoms with Gasteiger partial charge in [0.15, 0.2) is 0 Å². The summed E-state index contributed by atoms with van der Waals surface area (Å²) in [4.78, 5) is 42.9. The molecule has 0 saturated heterocycles. The monoisotopic (exact) mass is 513 g/mol. The third-order valence-electron chi connectivity index (χ3n) is 7.58. The Bertz CT molecular complexity index is 957. The van der Waals surface area contributed by atoms with E-state index in [0.717, 1.165) is 48.8 Å². The quantitative estimate of drug-likeness (QED) is 0.475. The largest absolute Gasteiger partial charge is 0.444 e. The van der Waals surface area contributed by atoms with Gasteiger partial charge in [0.25, 0.3) is 0 Å². The number of ether oxygens (including phenoxy) is 1. The number of nitrogens with one attached hydrogen (secondary N) is 2. The molecular formula is C30H47N3O4. The standard InChI is InChI=1S/C30H47N3O4/c1-18(2)25(32-29(36)37-30(6,7)8)28(35)33(23-17-21(23)5)26(24-19(3)13-12-14-20(24)4)27(34)31-22-15-10-9-11-16-22/h12-14,18,21-23,25-26H,9-11,15-17H2,1-8H3,(H,31,34)(H,32,36). The van der Waals surface area contributed by atoms with E-state index in [9.17, 15) is 14.4 Å². The fourth-order valence-electron chi connectivity index (χ4n) is 5.46. The maximum atomic E-state index is 14.3. The minimum Gasteiger partial charge on any atom is -0.444 e. The molecule has 3 amide bonds. The van der Waals surface area contributed by atoms with Gasteiger partial charge in [0.05, 0.1) is 0 Å². The van der Waals surface area contributed by atoms with Crippen molar-refractivity contribution in [2.75, 3.05) is 0 Å². The van der Waals surface area contributed by atoms with Gasteiger partial charge in [-0.05, 0) is 82.4 Å². The molecule has 0 aliphatic heterocycles. The molecule has 0 radical (unpaired) electrons. The molecular weight excluding hydrogens is 466 g/mol. The van der Waals surface area contributed by atoms with Crippen molar-refractivity contribution in [3.8, 4) is 0 Å². The van der Waals surface area contributed by atoms with Crippen LogP contribution in [0.5, 0.6) is 0 Å². The normalized spacial score (nSPS) is 21.6. The molecule has 37 heavy (non-hydrogen) atoms. The van der Waals surface area contributed by atoms with Gasteiger partial charge in [-0.15, -0.1) is 0 Å². The number of hydrogen-bond acceptors (Lipinski definition) is 4. The van der Waals surface area contributed by atoms with E-state index in [0.29, 0.717) is 0 Å². The van der Waals surface area contributed by atoms with Gasteiger partial charge in [0.1, 0.15) is 17.7 Å². The molecule has 4 unspecified atom stereocenters. The molecule has 206 valence electrons. The SMILES string of the molecule is Cc1cccc(C)c1C(C(=O)NC1CCCCC1)N(C(=O)C(NC(=O)OC(C)(C)C)C(C)C)C1CC1C. The second-order valence-corrected chi connectivity index (χ2v) is 12.4. The van der Waals surface area contributed by atoms with E-state index in [1.807, 2.05) is 45.9 Å². The number of nitrogens with zero attached hydrogens (tertiary/aromatic N) is 1. The predicted octanol–water partition coefficient (Wildman–Crippen LogP) is 5.58. The summed E-state index contributed by atoms with van der Waals surface area (Å²) in [7, 11) is 0. The van der Waals surface area contributed by atoms with Crippen LogP contribution in [-0.4, -0.2) is 46.5 Å². The van der Waals surface area contributed by atoms with Gasteiger partial charge in [0, 0.05) is 12.1 Å². The fourth-order valence-corrected chi connectivity index (χ4v) is 5.46. The zero-order valence-electron chi connectivity index (χ0n) is 24.0. The van der Waals surface area contributed by atoms with Crippen molar-refractivity contribution in [2.45, 2.75) is 124 Å². The van der Waals surface area contributed by atoms with Crippen LogP contribution in [0, 0.1) is 25.7 Å². The lowest BCUT2D eigenvalue weighted by Gasteiger charge is -2.38. The van der Waals surface area contributed by atoms with Gasteiger partial charge in [-0.3, -0.25) is 9.59 Å². The molecule has 7 heteroatoms. The number of carbonyl (C=O) groups is 3. The van der Waals surface area contributed by atoms with Crippen LogP contribution in [0.25, 0.3) is 0 Å². The summed E-state index contributed by atoms with van der Waals surface area (Å²) in [5.41, 5.74) is 2.16. The Morgan fingerprint density at radius 2 is 1.59 bits per heavy atom. The molecule has 4 atom stereocenters. The first-order valence-corrected chi connectivity index (χ1v) is 14.0. The number of alkyl carbamates (subject to hydrolysis) is 1. The summed E-state index contributed by atoms with van der Waals surface area (Å²) < 4.78 is 5.48. The first kappa shape index (κ1) is 29.0. The molecule has 0 bridgehead atoms. The molecule has 1 aromatic carbocycles. The van der Waals surface area contributed by atoms with E-state index in [1.165, 1.54) is 6.42 Å². The number of rotatable bonds is 8. The summed E-state index contributed by atoms with van der Waals surface area (Å²) in [6.07, 6.45) is 5.55. The van der Waals surface area contributed by atoms with Gasteiger partial charge in [0.2, 0.25) is 11.8 Å². The predicted molar refractivity (Wildman–Crippen MR) is 146 cm³/mol. The molecule has 2 aliphatic carbocycles. The van der Waals surface area contributed by atoms with Crippen molar-refractivity contribution in [3.05, 3.63) is 34.9 Å². The number of aryl methyl sites for hydroxylation is 2. The van der Waals surface area contributed by atoms with E-state index in [-0.39, 0.29) is 35.7 Å². The van der Waals surface area contributed by atoms with Crippen molar-refractivity contribution >= 4 is 17.9 Å². The first-order valence-electron chi connectivity index (χ1n) is 14.0. The molecule has 7 nitrogen and oxygen atoms in total. The van der Waals surface area contributed by atoms with Crippen LogP contribution in [0.1, 0.15) is 103 Å². The molecule has 0 spiro atoms. The highest BCUT2D eigenvalue weighted by Gasteiger charge is 2.49. The molecule has 0 heterocycles. The number of benzene rings is 1. The van der Waals surface area contributed by atoms with Crippen molar-refractivity contribution in [3.63, 3.8) is 0 Å². The van der Waals surface area contributed by atoms with Gasteiger partial charge in [-0.2, -0.15) is 0 Å². The fraction of sp³-hybridized carbons (Fsp3) is 0.700. The minimum absolute atomic E-state index is 0.0599. The Balaban J connectivity index is 2.01. The average molecular weight is 514 g/mol. The van der Waals surface area contributed by atoms with E-state index in [1.54, 1.807) is 25.7 Å². The van der Waals surface area contributed by atoms with Crippen molar-refractivity contribution in [1.82, 2.24) is 15.5 Å². The van der Waals surface area contributed by atoms with Gasteiger partial charge < -0.3 is 20.3 Å². The summed E-state index contributed by atoms with van der Waals surface area (Å²) in [6.45, 7) is 15.3. The van der Waals surface area contributed by atoms with Crippen LogP contribution < -0.4 is 10.6 Å². The Kier molecular flexibility index (Phi) is 9.30. The maximum Gasteiger partial charge on any atom is 0.408 e. The molecule has 0 aromatic heterocycles. The minimum atomic E-state index is -0.808. The highest BCUT2D eigenvalue weighted by Crippen LogP contribution is 2.42. The lowest BCUT2D eigenvalue weighted by molar-refractivity contribution is -0.144. The molecule has 3 rings (SSSR count). The van der Waals surface area contributed by atoms with Crippen LogP contribution in [0.2, 0.25) is 0 Å². The van der Waals surface area contributed by atoms with Crippen molar-refractivity contribution in [1.29, 1.82) is 0 Å². The Labute approximate surface area is 223 Å². The Morgan fingerprint density at radius 1 is 1.03 bits per heavy atom. The zero-order valence-corrected chi connectivity index (χ0v) is 24.0. The van der Waals surface area contributed by atoms with Crippen LogP contribution in [0.15, 0.2) is 18.2 Å². The molecule has 2 N–H and O–H groups in total. The summed E-state index contributed by atoms with van der Waals surface area (Å²) in [5.74, 6) is -0.262. The Morgan fingerprint density at radius 3 is 2.08 bits per heavy atom. The van der Waals surface area contributed by atoms with E-state index in [2.05, 4.69) is 17.6 Å². The summed E-state index contributed by atoms with van der Waals surface area (Å²) in [6, 6.07) is 4.49. The van der Waals surface area contributed by atoms with Crippen molar-refractivity contribution < 1.29 is 19.1 Å². The smallest absolute Gasteiger partial charge is 0.408 e. The number of hydrogen-bond donors (Lipinski definition) is 2. The van der Waals surface area contributed by atoms with Gasteiger partial charge in [-0.25, -0.2) is 4.79 Å². The van der Waals surface area contributed by atoms with Crippen LogP contribution >= 0.6 is 0 Å². The lowest BCUT2D eigenvalue weighted by Crippen LogP contribution is -2.56. The van der Waals surface area contributed by atoms with E-state index < -0.39 is 23.8 Å². The van der Waals surface area contributed by atoms with Gasteiger partial charge >= 0.3 is 6.09 Å². The highest BCUT2D eigenvalue weighted by atomic mass is 16.6. The molecule has 2 saturated carbocycles.